The first-order chi connectivity index (χ1) is 11.6. The molecular weight excluding hydrogens is 342 g/mol. The smallest absolute Gasteiger partial charge is 0.225 e. The Bertz CT molecular complexity index is 718. The first-order valence-corrected chi connectivity index (χ1v) is 9.57. The number of nitrogens with zero attached hydrogens (tertiary/aromatic N) is 3. The fourth-order valence-corrected chi connectivity index (χ4v) is 4.49. The highest BCUT2D eigenvalue weighted by molar-refractivity contribution is 7.14. The van der Waals surface area contributed by atoms with Crippen LogP contribution in [0, 0.1) is 0 Å². The summed E-state index contributed by atoms with van der Waals surface area (Å²) in [7, 11) is 0. The molecule has 2 aromatic rings. The van der Waals surface area contributed by atoms with Crippen molar-refractivity contribution in [1.29, 1.82) is 0 Å². The van der Waals surface area contributed by atoms with Crippen molar-refractivity contribution in [3.05, 3.63) is 45.9 Å². The molecule has 1 aromatic carbocycles. The summed E-state index contributed by atoms with van der Waals surface area (Å²) in [6, 6.07) is 8.44. The fourth-order valence-electron chi connectivity index (χ4n) is 3.31. The SMILES string of the molecule is CCN(C(C)=O)c1nc(CN2CCCC2c2ccccc2Cl)cs1. The molecule has 1 fully saturated rings. The van der Waals surface area contributed by atoms with Crippen LogP contribution in [0.25, 0.3) is 0 Å². The van der Waals surface area contributed by atoms with Gasteiger partial charge in [-0.05, 0) is 37.9 Å². The Morgan fingerprint density at radius 2 is 2.25 bits per heavy atom. The second-order valence-corrected chi connectivity index (χ2v) is 7.28. The molecular formula is C18H22ClN3OS. The van der Waals surface area contributed by atoms with Gasteiger partial charge >= 0.3 is 0 Å². The highest BCUT2D eigenvalue weighted by Gasteiger charge is 2.28. The first kappa shape index (κ1) is 17.4. The molecule has 4 nitrogen and oxygen atoms in total. The standard InChI is InChI=1S/C18H22ClN3OS/c1-3-22(13(2)23)18-20-14(12-24-18)11-21-10-6-9-17(21)15-7-4-5-8-16(15)19/h4-5,7-8,12,17H,3,6,9-11H2,1-2H3. The normalized spacial score (nSPS) is 18.0. The summed E-state index contributed by atoms with van der Waals surface area (Å²) in [5.74, 6) is 0.0357. The Hall–Kier alpha value is -1.43. The van der Waals surface area contributed by atoms with Crippen molar-refractivity contribution in [2.75, 3.05) is 18.0 Å². The van der Waals surface area contributed by atoms with Crippen LogP contribution in [-0.2, 0) is 11.3 Å². The van der Waals surface area contributed by atoms with E-state index in [1.807, 2.05) is 25.1 Å². The number of amides is 1. The molecule has 0 saturated carbocycles. The zero-order chi connectivity index (χ0) is 17.1. The first-order valence-electron chi connectivity index (χ1n) is 8.31. The van der Waals surface area contributed by atoms with E-state index in [2.05, 4.69) is 21.3 Å². The summed E-state index contributed by atoms with van der Waals surface area (Å²) < 4.78 is 0. The van der Waals surface area contributed by atoms with Crippen molar-refractivity contribution in [2.24, 2.45) is 0 Å². The number of benzene rings is 1. The summed E-state index contributed by atoms with van der Waals surface area (Å²) >= 11 is 7.92. The molecule has 24 heavy (non-hydrogen) atoms. The van der Waals surface area contributed by atoms with Crippen LogP contribution in [-0.4, -0.2) is 28.9 Å². The van der Waals surface area contributed by atoms with E-state index in [0.29, 0.717) is 12.6 Å². The lowest BCUT2D eigenvalue weighted by Gasteiger charge is -2.24. The predicted octanol–water partition coefficient (Wildman–Crippen LogP) is 4.51. The maximum Gasteiger partial charge on any atom is 0.225 e. The predicted molar refractivity (Wildman–Crippen MR) is 99.7 cm³/mol. The fraction of sp³-hybridized carbons (Fsp3) is 0.444. The van der Waals surface area contributed by atoms with Crippen molar-refractivity contribution < 1.29 is 4.79 Å². The van der Waals surface area contributed by atoms with Crippen LogP contribution in [0.3, 0.4) is 0 Å². The number of anilines is 1. The second-order valence-electron chi connectivity index (χ2n) is 6.03. The molecule has 0 spiro atoms. The van der Waals surface area contributed by atoms with E-state index in [-0.39, 0.29) is 5.91 Å². The number of thiazole rings is 1. The number of rotatable bonds is 5. The number of halogens is 1. The van der Waals surface area contributed by atoms with Gasteiger partial charge in [0, 0.05) is 36.5 Å². The van der Waals surface area contributed by atoms with E-state index in [4.69, 9.17) is 11.6 Å². The zero-order valence-electron chi connectivity index (χ0n) is 14.0. The molecule has 1 saturated heterocycles. The Morgan fingerprint density at radius 1 is 1.46 bits per heavy atom. The van der Waals surface area contributed by atoms with Crippen LogP contribution in [0.4, 0.5) is 5.13 Å². The Balaban J connectivity index is 1.75. The van der Waals surface area contributed by atoms with Crippen LogP contribution < -0.4 is 4.90 Å². The van der Waals surface area contributed by atoms with Gasteiger partial charge in [-0.15, -0.1) is 11.3 Å². The van der Waals surface area contributed by atoms with E-state index >= 15 is 0 Å². The van der Waals surface area contributed by atoms with Crippen LogP contribution in [0.5, 0.6) is 0 Å². The van der Waals surface area contributed by atoms with Crippen LogP contribution in [0.15, 0.2) is 29.6 Å². The van der Waals surface area contributed by atoms with Gasteiger partial charge in [-0.3, -0.25) is 14.6 Å². The second kappa shape index (κ2) is 7.64. The van der Waals surface area contributed by atoms with Crippen LogP contribution >= 0.6 is 22.9 Å². The highest BCUT2D eigenvalue weighted by atomic mass is 35.5. The molecule has 1 aliphatic rings. The van der Waals surface area contributed by atoms with Gasteiger partial charge in [-0.2, -0.15) is 0 Å². The topological polar surface area (TPSA) is 36.4 Å². The number of likely N-dealkylation sites (tertiary alicyclic amines) is 1. The largest absolute Gasteiger partial charge is 0.290 e. The minimum atomic E-state index is 0.0357. The van der Waals surface area contributed by atoms with Crippen molar-refractivity contribution in [3.63, 3.8) is 0 Å². The van der Waals surface area contributed by atoms with Gasteiger partial charge in [0.05, 0.1) is 5.69 Å². The number of aromatic nitrogens is 1. The number of hydrogen-bond acceptors (Lipinski definition) is 4. The summed E-state index contributed by atoms with van der Waals surface area (Å²) in [4.78, 5) is 20.5. The molecule has 2 heterocycles. The molecule has 1 aromatic heterocycles. The minimum absolute atomic E-state index is 0.0357. The van der Waals surface area contributed by atoms with Gasteiger partial charge < -0.3 is 0 Å². The summed E-state index contributed by atoms with van der Waals surface area (Å²) in [5.41, 5.74) is 2.22. The molecule has 6 heteroatoms. The third-order valence-corrected chi connectivity index (χ3v) is 5.72. The molecule has 0 N–H and O–H groups in total. The molecule has 1 unspecified atom stereocenters. The van der Waals surface area contributed by atoms with Crippen molar-refractivity contribution in [1.82, 2.24) is 9.88 Å². The summed E-state index contributed by atoms with van der Waals surface area (Å²) in [5, 5.41) is 3.68. The molecule has 0 bridgehead atoms. The Kier molecular flexibility index (Phi) is 5.54. The maximum atomic E-state index is 11.7. The number of carbonyl (C=O) groups excluding carboxylic acids is 1. The Labute approximate surface area is 152 Å². The number of carbonyl (C=O) groups is 1. The maximum absolute atomic E-state index is 11.7. The highest BCUT2D eigenvalue weighted by Crippen LogP contribution is 2.36. The van der Waals surface area contributed by atoms with Gasteiger partial charge in [0.15, 0.2) is 5.13 Å². The van der Waals surface area contributed by atoms with E-state index in [0.717, 1.165) is 35.4 Å². The molecule has 1 atom stereocenters. The average molecular weight is 364 g/mol. The van der Waals surface area contributed by atoms with Crippen molar-refractivity contribution in [2.45, 2.75) is 39.3 Å². The lowest BCUT2D eigenvalue weighted by molar-refractivity contribution is -0.116. The summed E-state index contributed by atoms with van der Waals surface area (Å²) in [6.45, 7) is 6.04. The molecule has 1 amide bonds. The van der Waals surface area contributed by atoms with Gasteiger partial charge in [0.1, 0.15) is 0 Å². The van der Waals surface area contributed by atoms with E-state index in [1.54, 1.807) is 11.8 Å². The van der Waals surface area contributed by atoms with Gasteiger partial charge in [-0.1, -0.05) is 29.8 Å². The van der Waals surface area contributed by atoms with E-state index in [9.17, 15) is 4.79 Å². The van der Waals surface area contributed by atoms with Crippen molar-refractivity contribution in [3.8, 4) is 0 Å². The molecule has 1 aliphatic heterocycles. The third-order valence-electron chi connectivity index (χ3n) is 4.46. The molecule has 0 radical (unpaired) electrons. The van der Waals surface area contributed by atoms with Crippen LogP contribution in [0.1, 0.15) is 44.0 Å². The zero-order valence-corrected chi connectivity index (χ0v) is 15.6. The Morgan fingerprint density at radius 3 is 2.96 bits per heavy atom. The quantitative estimate of drug-likeness (QED) is 0.784. The average Bonchev–Trinajstić information content (AvgIpc) is 3.19. The van der Waals surface area contributed by atoms with Crippen LogP contribution in [0.2, 0.25) is 5.02 Å². The lowest BCUT2D eigenvalue weighted by atomic mass is 10.0. The molecule has 0 aliphatic carbocycles. The number of hydrogen-bond donors (Lipinski definition) is 0. The minimum Gasteiger partial charge on any atom is -0.290 e. The van der Waals surface area contributed by atoms with Crippen molar-refractivity contribution >= 4 is 34.0 Å². The monoisotopic (exact) mass is 363 g/mol. The third kappa shape index (κ3) is 3.63. The molecule has 128 valence electrons. The summed E-state index contributed by atoms with van der Waals surface area (Å²) in [6.07, 6.45) is 2.29. The van der Waals surface area contributed by atoms with Gasteiger partial charge in [0.2, 0.25) is 5.91 Å². The van der Waals surface area contributed by atoms with E-state index in [1.165, 1.54) is 23.3 Å². The molecule has 3 rings (SSSR count). The van der Waals surface area contributed by atoms with Gasteiger partial charge in [0.25, 0.3) is 0 Å². The van der Waals surface area contributed by atoms with E-state index < -0.39 is 0 Å². The lowest BCUT2D eigenvalue weighted by Crippen LogP contribution is -2.28. The van der Waals surface area contributed by atoms with Gasteiger partial charge in [-0.25, -0.2) is 4.98 Å².